The molecule has 0 aromatic carbocycles. The maximum Gasteiger partial charge on any atom is 0.133 e. The fourth-order valence-corrected chi connectivity index (χ4v) is 3.15. The average Bonchev–Trinajstić information content (AvgIpc) is 3.01. The molecule has 0 fully saturated rings. The third-order valence-electron chi connectivity index (χ3n) is 4.53. The van der Waals surface area contributed by atoms with E-state index in [-0.39, 0.29) is 6.61 Å². The fraction of sp³-hybridized carbons (Fsp3) is 0.200. The maximum absolute atomic E-state index is 9.22. The normalized spacial score (nSPS) is 11.1. The van der Waals surface area contributed by atoms with Crippen molar-refractivity contribution < 1.29 is 5.11 Å². The second-order valence-corrected chi connectivity index (χ2v) is 6.62. The Bertz CT molecular complexity index is 1150. The topological polar surface area (TPSA) is 115 Å². The van der Waals surface area contributed by atoms with Gasteiger partial charge in [0.1, 0.15) is 17.5 Å². The molecule has 0 spiro atoms. The van der Waals surface area contributed by atoms with Crippen molar-refractivity contribution in [3.05, 3.63) is 54.1 Å². The minimum Gasteiger partial charge on any atom is -0.394 e. The van der Waals surface area contributed by atoms with Gasteiger partial charge in [0, 0.05) is 35.6 Å². The predicted octanol–water partition coefficient (Wildman–Crippen LogP) is 2.82. The quantitative estimate of drug-likeness (QED) is 0.491. The summed E-state index contributed by atoms with van der Waals surface area (Å²) in [6.07, 6.45) is 5.26. The van der Waals surface area contributed by atoms with E-state index in [0.29, 0.717) is 18.2 Å². The number of anilines is 3. The molecular weight excluding hydrogens is 354 g/mol. The van der Waals surface area contributed by atoms with Gasteiger partial charge in [0.05, 0.1) is 24.5 Å². The molecule has 0 atom stereocenters. The summed E-state index contributed by atoms with van der Waals surface area (Å²) < 4.78 is 1.71. The highest BCUT2D eigenvalue weighted by Gasteiger charge is 2.11. The number of nitrogens with zero attached hydrogens (tertiary/aromatic N) is 5. The Kier molecular flexibility index (Phi) is 4.62. The van der Waals surface area contributed by atoms with Crippen LogP contribution in [0.15, 0.2) is 42.9 Å². The van der Waals surface area contributed by atoms with Crippen molar-refractivity contribution >= 4 is 28.2 Å². The van der Waals surface area contributed by atoms with Gasteiger partial charge in [0.15, 0.2) is 0 Å². The lowest BCUT2D eigenvalue weighted by atomic mass is 10.1. The van der Waals surface area contributed by atoms with Crippen LogP contribution in [0.25, 0.3) is 22.0 Å². The number of aliphatic hydroxyl groups excluding tert-OH is 1. The van der Waals surface area contributed by atoms with Gasteiger partial charge >= 0.3 is 0 Å². The van der Waals surface area contributed by atoms with E-state index < -0.39 is 0 Å². The molecule has 0 unspecified atom stereocenters. The van der Waals surface area contributed by atoms with Crippen LogP contribution in [0.5, 0.6) is 0 Å². The first-order chi connectivity index (χ1) is 13.5. The number of aryl methyl sites for hydroxylation is 2. The Labute approximate surface area is 162 Å². The molecule has 4 rings (SSSR count). The monoisotopic (exact) mass is 375 g/mol. The summed E-state index contributed by atoms with van der Waals surface area (Å²) in [5.74, 6) is 1.85. The molecular formula is C20H21N7O. The van der Waals surface area contributed by atoms with E-state index in [0.717, 1.165) is 39.1 Å². The molecule has 142 valence electrons. The maximum atomic E-state index is 9.22. The third kappa shape index (κ3) is 3.37. The molecule has 8 nitrogen and oxygen atoms in total. The van der Waals surface area contributed by atoms with Crippen molar-refractivity contribution in [2.24, 2.45) is 0 Å². The van der Waals surface area contributed by atoms with Crippen molar-refractivity contribution in [3.63, 3.8) is 0 Å². The van der Waals surface area contributed by atoms with E-state index >= 15 is 0 Å². The number of hydrogen-bond donors (Lipinski definition) is 3. The van der Waals surface area contributed by atoms with Crippen LogP contribution in [0.4, 0.5) is 17.5 Å². The summed E-state index contributed by atoms with van der Waals surface area (Å²) in [6, 6.07) is 7.77. The van der Waals surface area contributed by atoms with E-state index in [1.807, 2.05) is 38.1 Å². The van der Waals surface area contributed by atoms with Gasteiger partial charge in [0.2, 0.25) is 0 Å². The van der Waals surface area contributed by atoms with Gasteiger partial charge in [-0.05, 0) is 43.0 Å². The first-order valence-corrected chi connectivity index (χ1v) is 8.95. The van der Waals surface area contributed by atoms with Crippen molar-refractivity contribution in [3.8, 4) is 11.3 Å². The number of aliphatic hydroxyl groups is 1. The van der Waals surface area contributed by atoms with Crippen molar-refractivity contribution in [2.75, 3.05) is 17.7 Å². The number of nitrogen functional groups attached to an aromatic ring is 1. The second-order valence-electron chi connectivity index (χ2n) is 6.62. The van der Waals surface area contributed by atoms with Crippen LogP contribution >= 0.6 is 0 Å². The molecule has 0 aliphatic heterocycles. The Balaban J connectivity index is 1.75. The van der Waals surface area contributed by atoms with Gasteiger partial charge in [-0.3, -0.25) is 4.98 Å². The van der Waals surface area contributed by atoms with Crippen molar-refractivity contribution in [2.45, 2.75) is 20.4 Å². The van der Waals surface area contributed by atoms with Gasteiger partial charge in [-0.1, -0.05) is 0 Å². The third-order valence-corrected chi connectivity index (χ3v) is 4.53. The van der Waals surface area contributed by atoms with Crippen molar-refractivity contribution in [1.82, 2.24) is 24.7 Å². The molecule has 0 amide bonds. The molecule has 0 bridgehead atoms. The van der Waals surface area contributed by atoms with E-state index in [4.69, 9.17) is 5.73 Å². The zero-order valence-electron chi connectivity index (χ0n) is 15.7. The van der Waals surface area contributed by atoms with E-state index in [1.54, 1.807) is 23.3 Å². The Morgan fingerprint density at radius 3 is 2.82 bits per heavy atom. The molecule has 0 saturated heterocycles. The lowest BCUT2D eigenvalue weighted by Gasteiger charge is -2.11. The zero-order chi connectivity index (χ0) is 19.7. The molecule has 4 aromatic heterocycles. The summed E-state index contributed by atoms with van der Waals surface area (Å²) in [5, 5.41) is 18.6. The van der Waals surface area contributed by atoms with Gasteiger partial charge in [-0.2, -0.15) is 5.10 Å². The highest BCUT2D eigenvalue weighted by Crippen LogP contribution is 2.29. The minimum atomic E-state index is 0.0109. The second kappa shape index (κ2) is 7.24. The van der Waals surface area contributed by atoms with E-state index in [1.165, 1.54) is 0 Å². The molecule has 4 heterocycles. The Morgan fingerprint density at radius 1 is 1.18 bits per heavy atom. The fourth-order valence-electron chi connectivity index (χ4n) is 3.15. The molecule has 0 aliphatic rings. The number of rotatable bonds is 5. The van der Waals surface area contributed by atoms with Crippen LogP contribution in [-0.4, -0.2) is 36.4 Å². The number of fused-ring (bicyclic) bond motifs is 1. The van der Waals surface area contributed by atoms with Crippen LogP contribution in [0.1, 0.15) is 11.3 Å². The molecule has 0 aliphatic carbocycles. The van der Waals surface area contributed by atoms with Crippen LogP contribution in [0.3, 0.4) is 0 Å². The predicted molar refractivity (Wildman–Crippen MR) is 109 cm³/mol. The molecule has 4 aromatic rings. The highest BCUT2D eigenvalue weighted by atomic mass is 16.3. The smallest absolute Gasteiger partial charge is 0.133 e. The van der Waals surface area contributed by atoms with Crippen LogP contribution in [-0.2, 0) is 6.54 Å². The zero-order valence-corrected chi connectivity index (χ0v) is 15.7. The highest BCUT2D eigenvalue weighted by molar-refractivity contribution is 5.94. The number of nitrogens with one attached hydrogen (secondary N) is 1. The minimum absolute atomic E-state index is 0.0109. The Hall–Kier alpha value is -3.52. The lowest BCUT2D eigenvalue weighted by molar-refractivity contribution is 0.270. The summed E-state index contributed by atoms with van der Waals surface area (Å²) >= 11 is 0. The summed E-state index contributed by atoms with van der Waals surface area (Å²) in [4.78, 5) is 13.2. The number of nitrogens with two attached hydrogens (primary N) is 1. The van der Waals surface area contributed by atoms with Gasteiger partial charge in [0.25, 0.3) is 0 Å². The summed E-state index contributed by atoms with van der Waals surface area (Å²) in [5.41, 5.74) is 9.84. The summed E-state index contributed by atoms with van der Waals surface area (Å²) in [6.45, 7) is 4.34. The number of aromatic nitrogens is 5. The van der Waals surface area contributed by atoms with Crippen molar-refractivity contribution in [1.29, 1.82) is 0 Å². The average molecular weight is 375 g/mol. The van der Waals surface area contributed by atoms with Crippen LogP contribution in [0.2, 0.25) is 0 Å². The first-order valence-electron chi connectivity index (χ1n) is 8.95. The molecule has 28 heavy (non-hydrogen) atoms. The SMILES string of the molecule is Cc1cc(Nc2cc3cc(-c4cnccc4C)nc(N)c3cn2)n(CCO)n1. The van der Waals surface area contributed by atoms with Crippen LogP contribution < -0.4 is 11.1 Å². The molecule has 8 heteroatoms. The first kappa shape index (κ1) is 17.9. The van der Waals surface area contributed by atoms with Gasteiger partial charge in [-0.15, -0.1) is 0 Å². The van der Waals surface area contributed by atoms with E-state index in [2.05, 4.69) is 25.4 Å². The van der Waals surface area contributed by atoms with Gasteiger partial charge < -0.3 is 16.2 Å². The number of pyridine rings is 3. The lowest BCUT2D eigenvalue weighted by Crippen LogP contribution is -2.08. The standard InChI is InChI=1S/C20H21N7O/c1-12-3-4-22-10-15(12)17-8-14-9-18(23-11-16(14)20(21)24-17)25-19-7-13(2)26-27(19)5-6-28/h3-4,7-11,28H,5-6H2,1-2H3,(H2,21,24)(H,23,25). The molecule has 0 saturated carbocycles. The van der Waals surface area contributed by atoms with E-state index in [9.17, 15) is 5.11 Å². The molecule has 4 N–H and O–H groups in total. The van der Waals surface area contributed by atoms with Crippen LogP contribution in [0, 0.1) is 13.8 Å². The largest absolute Gasteiger partial charge is 0.394 e. The summed E-state index contributed by atoms with van der Waals surface area (Å²) in [7, 11) is 0. The molecule has 0 radical (unpaired) electrons. The Morgan fingerprint density at radius 2 is 2.04 bits per heavy atom. The van der Waals surface area contributed by atoms with Gasteiger partial charge in [-0.25, -0.2) is 14.6 Å². The number of hydrogen-bond acceptors (Lipinski definition) is 7.